The van der Waals surface area contributed by atoms with Crippen molar-refractivity contribution in [2.45, 2.75) is 25.6 Å². The third-order valence-electron chi connectivity index (χ3n) is 3.18. The Bertz CT molecular complexity index is 644. The fraction of sp³-hybridized carbons (Fsp3) is 0.417. The Kier molecular flexibility index (Phi) is 2.94. The van der Waals surface area contributed by atoms with Gasteiger partial charge in [0.05, 0.1) is 21.1 Å². The highest BCUT2D eigenvalue weighted by Gasteiger charge is 2.39. The maximum atomic E-state index is 13.0. The number of hydrogen-bond acceptors (Lipinski definition) is 1. The van der Waals surface area contributed by atoms with Crippen molar-refractivity contribution in [3.05, 3.63) is 28.0 Å². The highest BCUT2D eigenvalue weighted by Crippen LogP contribution is 2.38. The number of hydrogen-bond donors (Lipinski definition) is 0. The standard InChI is InChI=1S/C12H9Cl2F3N2/c13-7-3-9-10(4-8(7)14)19(5-6-1-2-6)11(18-9)12(15,16)17/h3-4,6H,1-2,5H2. The van der Waals surface area contributed by atoms with Crippen LogP contribution in [0, 0.1) is 5.92 Å². The Morgan fingerprint density at radius 1 is 1.21 bits per heavy atom. The molecule has 1 saturated carbocycles. The van der Waals surface area contributed by atoms with E-state index in [1.165, 1.54) is 16.7 Å². The number of halogens is 5. The SMILES string of the molecule is FC(F)(F)c1nc2cc(Cl)c(Cl)cc2n1CC1CC1. The van der Waals surface area contributed by atoms with Crippen molar-refractivity contribution in [1.29, 1.82) is 0 Å². The Labute approximate surface area is 117 Å². The van der Waals surface area contributed by atoms with Gasteiger partial charge in [-0.2, -0.15) is 13.2 Å². The molecule has 0 aliphatic heterocycles. The number of benzene rings is 1. The van der Waals surface area contributed by atoms with Gasteiger partial charge in [0, 0.05) is 6.54 Å². The van der Waals surface area contributed by atoms with Gasteiger partial charge < -0.3 is 4.57 Å². The van der Waals surface area contributed by atoms with Gasteiger partial charge in [-0.25, -0.2) is 4.98 Å². The molecule has 7 heteroatoms. The average Bonchev–Trinajstić information content (AvgIpc) is 3.03. The highest BCUT2D eigenvalue weighted by molar-refractivity contribution is 6.42. The first-order chi connectivity index (χ1) is 8.86. The van der Waals surface area contributed by atoms with Crippen LogP contribution in [0.3, 0.4) is 0 Å². The fourth-order valence-electron chi connectivity index (χ4n) is 2.08. The number of aromatic nitrogens is 2. The quantitative estimate of drug-likeness (QED) is 0.781. The molecule has 0 unspecified atom stereocenters. The number of imidazole rings is 1. The van der Waals surface area contributed by atoms with Crippen LogP contribution >= 0.6 is 23.2 Å². The van der Waals surface area contributed by atoms with Crippen molar-refractivity contribution in [3.63, 3.8) is 0 Å². The summed E-state index contributed by atoms with van der Waals surface area (Å²) in [4.78, 5) is 3.66. The number of fused-ring (bicyclic) bond motifs is 1. The normalized spacial score (nSPS) is 16.3. The van der Waals surface area contributed by atoms with Crippen molar-refractivity contribution in [1.82, 2.24) is 9.55 Å². The second-order valence-electron chi connectivity index (χ2n) is 4.74. The van der Waals surface area contributed by atoms with Gasteiger partial charge in [-0.15, -0.1) is 0 Å². The largest absolute Gasteiger partial charge is 0.449 e. The minimum Gasteiger partial charge on any atom is -0.320 e. The maximum absolute atomic E-state index is 13.0. The van der Waals surface area contributed by atoms with Gasteiger partial charge in [-0.3, -0.25) is 0 Å². The molecular formula is C12H9Cl2F3N2. The van der Waals surface area contributed by atoms with Crippen molar-refractivity contribution < 1.29 is 13.2 Å². The number of alkyl halides is 3. The predicted octanol–water partition coefficient (Wildman–Crippen LogP) is 4.77. The summed E-state index contributed by atoms with van der Waals surface area (Å²) >= 11 is 11.7. The van der Waals surface area contributed by atoms with Crippen LogP contribution in [0.25, 0.3) is 11.0 Å². The highest BCUT2D eigenvalue weighted by atomic mass is 35.5. The zero-order chi connectivity index (χ0) is 13.8. The summed E-state index contributed by atoms with van der Waals surface area (Å²) in [7, 11) is 0. The van der Waals surface area contributed by atoms with Crippen LogP contribution in [-0.2, 0) is 12.7 Å². The Morgan fingerprint density at radius 3 is 2.42 bits per heavy atom. The van der Waals surface area contributed by atoms with Gasteiger partial charge in [0.15, 0.2) is 0 Å². The van der Waals surface area contributed by atoms with Crippen LogP contribution in [0.5, 0.6) is 0 Å². The summed E-state index contributed by atoms with van der Waals surface area (Å²) in [5.74, 6) is -0.583. The molecule has 1 aliphatic carbocycles. The first-order valence-electron chi connectivity index (χ1n) is 5.79. The second-order valence-corrected chi connectivity index (χ2v) is 5.56. The van der Waals surface area contributed by atoms with E-state index in [2.05, 4.69) is 4.98 Å². The lowest BCUT2D eigenvalue weighted by Gasteiger charge is -2.10. The third-order valence-corrected chi connectivity index (χ3v) is 3.90. The van der Waals surface area contributed by atoms with E-state index in [1.807, 2.05) is 0 Å². The molecule has 0 radical (unpaired) electrons. The van der Waals surface area contributed by atoms with Crippen molar-refractivity contribution in [3.8, 4) is 0 Å². The summed E-state index contributed by atoms with van der Waals surface area (Å²) in [6.45, 7) is 0.323. The van der Waals surface area contributed by atoms with Crippen LogP contribution in [0.4, 0.5) is 13.2 Å². The summed E-state index contributed by atoms with van der Waals surface area (Å²) in [5, 5.41) is 0.443. The minimum absolute atomic E-state index is 0.207. The molecule has 102 valence electrons. The lowest BCUT2D eigenvalue weighted by molar-refractivity contribution is -0.147. The van der Waals surface area contributed by atoms with Gasteiger partial charge in [0.1, 0.15) is 0 Å². The molecular weight excluding hydrogens is 300 g/mol. The van der Waals surface area contributed by atoms with Crippen LogP contribution in [0.15, 0.2) is 12.1 Å². The fourth-order valence-corrected chi connectivity index (χ4v) is 2.40. The van der Waals surface area contributed by atoms with Crippen LogP contribution < -0.4 is 0 Å². The van der Waals surface area contributed by atoms with Gasteiger partial charge in [0.25, 0.3) is 0 Å². The van der Waals surface area contributed by atoms with E-state index in [1.54, 1.807) is 0 Å². The molecule has 0 amide bonds. The third kappa shape index (κ3) is 2.41. The summed E-state index contributed by atoms with van der Waals surface area (Å²) in [6, 6.07) is 2.82. The van der Waals surface area contributed by atoms with E-state index in [0.29, 0.717) is 18.0 Å². The van der Waals surface area contributed by atoms with E-state index >= 15 is 0 Å². The molecule has 0 N–H and O–H groups in total. The molecule has 0 atom stereocenters. The minimum atomic E-state index is -4.48. The zero-order valence-corrected chi connectivity index (χ0v) is 11.1. The van der Waals surface area contributed by atoms with E-state index < -0.39 is 12.0 Å². The maximum Gasteiger partial charge on any atom is 0.449 e. The smallest absolute Gasteiger partial charge is 0.320 e. The monoisotopic (exact) mass is 308 g/mol. The molecule has 2 aromatic rings. The molecule has 0 spiro atoms. The average molecular weight is 309 g/mol. The second kappa shape index (κ2) is 4.28. The molecule has 2 nitrogen and oxygen atoms in total. The predicted molar refractivity (Wildman–Crippen MR) is 67.5 cm³/mol. The Balaban J connectivity index is 2.22. The van der Waals surface area contributed by atoms with Crippen LogP contribution in [0.1, 0.15) is 18.7 Å². The molecule has 1 heterocycles. The van der Waals surface area contributed by atoms with Gasteiger partial charge in [-0.1, -0.05) is 23.2 Å². The van der Waals surface area contributed by atoms with E-state index in [4.69, 9.17) is 23.2 Å². The van der Waals surface area contributed by atoms with E-state index in [9.17, 15) is 13.2 Å². The summed E-state index contributed by atoms with van der Waals surface area (Å²) in [5.41, 5.74) is 0.607. The van der Waals surface area contributed by atoms with Crippen LogP contribution in [0.2, 0.25) is 10.0 Å². The molecule has 1 aromatic heterocycles. The van der Waals surface area contributed by atoms with Crippen molar-refractivity contribution >= 4 is 34.2 Å². The summed E-state index contributed by atoms with van der Waals surface area (Å²) < 4.78 is 40.2. The Hall–Kier alpha value is -0.940. The number of nitrogens with zero attached hydrogens (tertiary/aromatic N) is 2. The van der Waals surface area contributed by atoms with Gasteiger partial charge in [0.2, 0.25) is 5.82 Å². The van der Waals surface area contributed by atoms with Gasteiger partial charge in [-0.05, 0) is 30.9 Å². The van der Waals surface area contributed by atoms with Crippen molar-refractivity contribution in [2.75, 3.05) is 0 Å². The first-order valence-corrected chi connectivity index (χ1v) is 6.54. The molecule has 1 fully saturated rings. The molecule has 1 aliphatic rings. The Morgan fingerprint density at radius 2 is 1.84 bits per heavy atom. The van der Waals surface area contributed by atoms with Crippen molar-refractivity contribution in [2.24, 2.45) is 5.92 Å². The molecule has 3 rings (SSSR count). The van der Waals surface area contributed by atoms with Gasteiger partial charge >= 0.3 is 6.18 Å². The topological polar surface area (TPSA) is 17.8 Å². The summed E-state index contributed by atoms with van der Waals surface area (Å²) in [6.07, 6.45) is -2.57. The lowest BCUT2D eigenvalue weighted by Crippen LogP contribution is -2.15. The molecule has 19 heavy (non-hydrogen) atoms. The first kappa shape index (κ1) is 13.1. The van der Waals surface area contributed by atoms with Crippen LogP contribution in [-0.4, -0.2) is 9.55 Å². The lowest BCUT2D eigenvalue weighted by atomic mass is 10.3. The molecule has 0 saturated heterocycles. The molecule has 1 aromatic carbocycles. The zero-order valence-electron chi connectivity index (χ0n) is 9.64. The van der Waals surface area contributed by atoms with E-state index in [-0.39, 0.29) is 15.6 Å². The number of rotatable bonds is 2. The van der Waals surface area contributed by atoms with E-state index in [0.717, 1.165) is 12.8 Å². The molecule has 0 bridgehead atoms.